The summed E-state index contributed by atoms with van der Waals surface area (Å²) in [7, 11) is 0. The van der Waals surface area contributed by atoms with Gasteiger partial charge in [-0.15, -0.1) is 10.2 Å². The third-order valence-electron chi connectivity index (χ3n) is 6.85. The van der Waals surface area contributed by atoms with Crippen LogP contribution in [-0.2, 0) is 17.9 Å². The molecule has 2 aromatic heterocycles. The van der Waals surface area contributed by atoms with Crippen LogP contribution in [-0.4, -0.2) is 76.3 Å². The Labute approximate surface area is 240 Å². The molecule has 4 aromatic rings. The maximum atomic E-state index is 13.3. The molecule has 0 aliphatic carbocycles. The second kappa shape index (κ2) is 11.4. The SMILES string of the molecule is NC(=O)[C@H]1CCN(C(=O)c2ccccc2-n2cnc(Cn3nc(-c4ccc(Cl)cc4)n(CC(O)C(F)(F)F)c3=O)n2)C1. The van der Waals surface area contributed by atoms with Gasteiger partial charge >= 0.3 is 11.9 Å². The molecular formula is C26H24ClF3N8O4. The van der Waals surface area contributed by atoms with E-state index in [1.165, 1.54) is 40.2 Å². The Hall–Kier alpha value is -4.50. The molecule has 0 spiro atoms. The van der Waals surface area contributed by atoms with Gasteiger partial charge in [-0.2, -0.15) is 13.2 Å². The molecule has 1 aliphatic heterocycles. The number of primary amides is 1. The lowest BCUT2D eigenvalue weighted by atomic mass is 10.1. The summed E-state index contributed by atoms with van der Waals surface area (Å²) in [5.74, 6) is -1.25. The Balaban J connectivity index is 1.43. The van der Waals surface area contributed by atoms with Crippen molar-refractivity contribution in [3.63, 3.8) is 0 Å². The molecule has 0 radical (unpaired) electrons. The van der Waals surface area contributed by atoms with Crippen LogP contribution in [0.4, 0.5) is 13.2 Å². The fraction of sp³-hybridized carbons (Fsp3) is 0.308. The number of aliphatic hydroxyl groups is 1. The van der Waals surface area contributed by atoms with Crippen molar-refractivity contribution in [2.75, 3.05) is 13.1 Å². The number of para-hydroxylation sites is 1. The minimum atomic E-state index is -4.96. The number of likely N-dealkylation sites (tertiary alicyclic amines) is 1. The van der Waals surface area contributed by atoms with Crippen LogP contribution < -0.4 is 11.4 Å². The average Bonchev–Trinajstić information content (AvgIpc) is 3.70. The van der Waals surface area contributed by atoms with Crippen LogP contribution in [0, 0.1) is 5.92 Å². The molecule has 12 nitrogen and oxygen atoms in total. The summed E-state index contributed by atoms with van der Waals surface area (Å²) < 4.78 is 42.3. The number of rotatable bonds is 8. The highest BCUT2D eigenvalue weighted by atomic mass is 35.5. The van der Waals surface area contributed by atoms with Gasteiger partial charge in [0, 0.05) is 23.7 Å². The average molecular weight is 605 g/mol. The lowest BCUT2D eigenvalue weighted by Gasteiger charge is -2.18. The first kappa shape index (κ1) is 29.0. The zero-order valence-electron chi connectivity index (χ0n) is 21.8. The van der Waals surface area contributed by atoms with Crippen molar-refractivity contribution in [1.29, 1.82) is 0 Å². The quantitative estimate of drug-likeness (QED) is 0.311. The fourth-order valence-corrected chi connectivity index (χ4v) is 4.74. The lowest BCUT2D eigenvalue weighted by molar-refractivity contribution is -0.207. The van der Waals surface area contributed by atoms with Crippen LogP contribution in [0.2, 0.25) is 5.02 Å². The van der Waals surface area contributed by atoms with Gasteiger partial charge in [0.25, 0.3) is 5.91 Å². The molecule has 3 N–H and O–H groups in total. The molecule has 1 saturated heterocycles. The predicted octanol–water partition coefficient (Wildman–Crippen LogP) is 1.86. The molecule has 220 valence electrons. The fourth-order valence-electron chi connectivity index (χ4n) is 4.62. The van der Waals surface area contributed by atoms with Gasteiger partial charge in [0.2, 0.25) is 5.91 Å². The maximum Gasteiger partial charge on any atom is 0.416 e. The number of carbonyl (C=O) groups excluding carboxylic acids is 2. The molecule has 0 saturated carbocycles. The van der Waals surface area contributed by atoms with Gasteiger partial charge in [-0.1, -0.05) is 23.7 Å². The second-order valence-electron chi connectivity index (χ2n) is 9.70. The normalized spacial score (nSPS) is 16.1. The van der Waals surface area contributed by atoms with Gasteiger partial charge in [0.1, 0.15) is 12.9 Å². The van der Waals surface area contributed by atoms with Gasteiger partial charge < -0.3 is 15.7 Å². The van der Waals surface area contributed by atoms with Gasteiger partial charge in [0.15, 0.2) is 17.8 Å². The number of nitrogens with two attached hydrogens (primary N) is 1. The van der Waals surface area contributed by atoms with Crippen LogP contribution in [0.5, 0.6) is 0 Å². The second-order valence-corrected chi connectivity index (χ2v) is 10.1. The number of nitrogens with zero attached hydrogens (tertiary/aromatic N) is 7. The van der Waals surface area contributed by atoms with E-state index in [-0.39, 0.29) is 30.6 Å². The number of aromatic nitrogens is 6. The molecular weight excluding hydrogens is 581 g/mol. The van der Waals surface area contributed by atoms with E-state index in [1.54, 1.807) is 24.3 Å². The molecule has 1 aliphatic rings. The van der Waals surface area contributed by atoms with Crippen molar-refractivity contribution in [3.8, 4) is 17.1 Å². The highest BCUT2D eigenvalue weighted by Gasteiger charge is 2.39. The predicted molar refractivity (Wildman–Crippen MR) is 143 cm³/mol. The largest absolute Gasteiger partial charge is 0.416 e. The zero-order chi connectivity index (χ0) is 30.2. The summed E-state index contributed by atoms with van der Waals surface area (Å²) in [6.45, 7) is -0.821. The third kappa shape index (κ3) is 5.92. The first-order valence-electron chi connectivity index (χ1n) is 12.7. The molecule has 2 aromatic carbocycles. The van der Waals surface area contributed by atoms with Crippen molar-refractivity contribution in [1.82, 2.24) is 34.0 Å². The molecule has 1 fully saturated rings. The highest BCUT2D eigenvalue weighted by Crippen LogP contribution is 2.25. The summed E-state index contributed by atoms with van der Waals surface area (Å²) in [5.41, 5.74) is 5.45. The monoisotopic (exact) mass is 604 g/mol. The van der Waals surface area contributed by atoms with Crippen molar-refractivity contribution in [2.24, 2.45) is 11.7 Å². The number of carbonyl (C=O) groups is 2. The molecule has 42 heavy (non-hydrogen) atoms. The number of hydrogen-bond acceptors (Lipinski definition) is 7. The Morgan fingerprint density at radius 3 is 2.50 bits per heavy atom. The molecule has 0 bridgehead atoms. The number of benzene rings is 2. The van der Waals surface area contributed by atoms with Gasteiger partial charge in [-0.05, 0) is 42.8 Å². The number of halogens is 4. The topological polar surface area (TPSA) is 154 Å². The zero-order valence-corrected chi connectivity index (χ0v) is 22.5. The summed E-state index contributed by atoms with van der Waals surface area (Å²) in [5, 5.41) is 18.6. The van der Waals surface area contributed by atoms with E-state index in [1.807, 2.05) is 0 Å². The van der Waals surface area contributed by atoms with Gasteiger partial charge in [-0.3, -0.25) is 14.2 Å². The van der Waals surface area contributed by atoms with Crippen LogP contribution in [0.15, 0.2) is 59.7 Å². The first-order chi connectivity index (χ1) is 19.9. The Morgan fingerprint density at radius 2 is 1.83 bits per heavy atom. The van der Waals surface area contributed by atoms with Crippen LogP contribution in [0.25, 0.3) is 17.1 Å². The third-order valence-corrected chi connectivity index (χ3v) is 7.10. The standard InChI is InChI=1S/C26H24ClF3N8O4/c27-17-7-5-15(6-8-17)23-34-37(25(42)36(23)12-20(39)26(28,29)30)13-21-32-14-38(33-21)19-4-2-1-3-18(19)24(41)35-10-9-16(11-35)22(31)40/h1-8,14,16,20,39H,9-13H2,(H2,31,40)/t16-,20?/m0/s1. The molecule has 2 atom stereocenters. The van der Waals surface area contributed by atoms with Crippen LogP contribution in [0.1, 0.15) is 22.6 Å². The Kier molecular flexibility index (Phi) is 7.88. The minimum absolute atomic E-state index is 0.0815. The van der Waals surface area contributed by atoms with E-state index in [2.05, 4.69) is 15.2 Å². The van der Waals surface area contributed by atoms with E-state index < -0.39 is 36.3 Å². The van der Waals surface area contributed by atoms with E-state index in [4.69, 9.17) is 17.3 Å². The van der Waals surface area contributed by atoms with Crippen molar-refractivity contribution in [3.05, 3.63) is 81.8 Å². The molecule has 3 heterocycles. The molecule has 16 heteroatoms. The Bertz CT molecular complexity index is 1680. The smallest absolute Gasteiger partial charge is 0.382 e. The first-order valence-corrected chi connectivity index (χ1v) is 13.1. The van der Waals surface area contributed by atoms with E-state index in [0.717, 1.165) is 9.25 Å². The highest BCUT2D eigenvalue weighted by molar-refractivity contribution is 6.30. The lowest BCUT2D eigenvalue weighted by Crippen LogP contribution is -2.37. The summed E-state index contributed by atoms with van der Waals surface area (Å²) >= 11 is 5.92. The van der Waals surface area contributed by atoms with E-state index in [9.17, 15) is 32.7 Å². The molecule has 1 unspecified atom stereocenters. The Morgan fingerprint density at radius 1 is 1.12 bits per heavy atom. The van der Waals surface area contributed by atoms with Crippen LogP contribution in [0.3, 0.4) is 0 Å². The molecule has 2 amide bonds. The van der Waals surface area contributed by atoms with E-state index >= 15 is 0 Å². The number of amides is 2. The number of aliphatic hydroxyl groups excluding tert-OH is 1. The van der Waals surface area contributed by atoms with Crippen molar-refractivity contribution >= 4 is 23.4 Å². The van der Waals surface area contributed by atoms with Crippen molar-refractivity contribution in [2.45, 2.75) is 31.8 Å². The van der Waals surface area contributed by atoms with Gasteiger partial charge in [0.05, 0.1) is 23.7 Å². The van der Waals surface area contributed by atoms with Gasteiger partial charge in [-0.25, -0.2) is 19.1 Å². The summed E-state index contributed by atoms with van der Waals surface area (Å²) in [6, 6.07) is 12.6. The minimum Gasteiger partial charge on any atom is -0.382 e. The molecule has 5 rings (SSSR count). The summed E-state index contributed by atoms with van der Waals surface area (Å²) in [4.78, 5) is 43.7. The number of hydrogen-bond donors (Lipinski definition) is 2. The van der Waals surface area contributed by atoms with Crippen molar-refractivity contribution < 1.29 is 27.9 Å². The number of alkyl halides is 3. The van der Waals surface area contributed by atoms with Crippen LogP contribution >= 0.6 is 11.6 Å². The maximum absolute atomic E-state index is 13.3. The summed E-state index contributed by atoms with van der Waals surface area (Å²) in [6.07, 6.45) is -5.97. The van der Waals surface area contributed by atoms with E-state index in [0.29, 0.717) is 34.8 Å².